The third kappa shape index (κ3) is 3.23. The van der Waals surface area contributed by atoms with Crippen LogP contribution >= 0.6 is 28.3 Å². The van der Waals surface area contributed by atoms with Gasteiger partial charge in [0.15, 0.2) is 5.65 Å². The van der Waals surface area contributed by atoms with Gasteiger partial charge >= 0.3 is 0 Å². The van der Waals surface area contributed by atoms with Crippen LogP contribution in [0.15, 0.2) is 28.9 Å². The smallest absolute Gasteiger partial charge is 0.165 e. The summed E-state index contributed by atoms with van der Waals surface area (Å²) in [5, 5.41) is 5.99. The van der Waals surface area contributed by atoms with Crippen molar-refractivity contribution in [3.63, 3.8) is 0 Å². The van der Waals surface area contributed by atoms with Crippen LogP contribution in [0.1, 0.15) is 22.5 Å². The number of fused-ring (bicyclic) bond motifs is 3. The van der Waals surface area contributed by atoms with E-state index in [0.717, 1.165) is 50.2 Å². The quantitative estimate of drug-likeness (QED) is 0.406. The molecule has 4 aromatic rings. The third-order valence-corrected chi connectivity index (χ3v) is 5.68. The number of nitrogens with zero attached hydrogens (tertiary/aromatic N) is 4. The largest absolute Gasteiger partial charge is 0.383 e. The highest BCUT2D eigenvalue weighted by molar-refractivity contribution is 9.10. The minimum absolute atomic E-state index is 0. The fourth-order valence-corrected chi connectivity index (χ4v) is 4.73. The number of methoxy groups -OCH3 is 1. The number of hydrogen-bond acceptors (Lipinski definition) is 3. The van der Waals surface area contributed by atoms with Gasteiger partial charge in [0.2, 0.25) is 0 Å². The second-order valence-corrected chi connectivity index (χ2v) is 7.93. The Morgan fingerprint density at radius 3 is 2.50 bits per heavy atom. The molecule has 0 aliphatic carbocycles. The summed E-state index contributed by atoms with van der Waals surface area (Å²) in [6.45, 7) is 9.80. The topological polar surface area (TPSA) is 44.3 Å². The number of aromatic nitrogens is 4. The monoisotopic (exact) mass is 462 g/mol. The van der Waals surface area contributed by atoms with Gasteiger partial charge in [0.05, 0.1) is 23.6 Å². The molecule has 1 aromatic carbocycles. The Morgan fingerprint density at radius 1 is 1.07 bits per heavy atom. The van der Waals surface area contributed by atoms with Crippen molar-refractivity contribution in [3.05, 3.63) is 51.4 Å². The molecule has 4 rings (SSSR count). The molecule has 0 atom stereocenters. The first kappa shape index (κ1) is 20.8. The number of hydrogen-bond donors (Lipinski definition) is 0. The Bertz CT molecular complexity index is 1160. The van der Waals surface area contributed by atoms with Gasteiger partial charge in [-0.1, -0.05) is 22.0 Å². The number of ether oxygens (including phenoxy) is 1. The van der Waals surface area contributed by atoms with E-state index in [1.165, 1.54) is 11.1 Å². The molecule has 5 nitrogen and oxygen atoms in total. The van der Waals surface area contributed by atoms with Crippen molar-refractivity contribution < 1.29 is 4.74 Å². The Morgan fingerprint density at radius 2 is 1.82 bits per heavy atom. The molecule has 0 spiro atoms. The summed E-state index contributed by atoms with van der Waals surface area (Å²) < 4.78 is 10.5. The SMILES string of the molecule is COCCn1ccc2c(C)nc3c(-c4c(C)cc(C)cc4Br)c(C)nn3c21.Cl. The fraction of sp³-hybridized carbons (Fsp3) is 0.333. The first-order chi connectivity index (χ1) is 12.9. The molecule has 0 aliphatic heterocycles. The van der Waals surface area contributed by atoms with Crippen molar-refractivity contribution in [3.8, 4) is 11.1 Å². The van der Waals surface area contributed by atoms with Crippen LogP contribution < -0.4 is 0 Å². The molecule has 0 unspecified atom stereocenters. The minimum atomic E-state index is 0. The number of halogens is 2. The van der Waals surface area contributed by atoms with Gasteiger partial charge in [0.1, 0.15) is 5.65 Å². The third-order valence-electron chi connectivity index (χ3n) is 5.05. The van der Waals surface area contributed by atoms with E-state index in [1.807, 2.05) is 4.52 Å². The molecule has 0 radical (unpaired) electrons. The average Bonchev–Trinajstić information content (AvgIpc) is 3.15. The molecule has 0 N–H and O–H groups in total. The van der Waals surface area contributed by atoms with E-state index in [9.17, 15) is 0 Å². The molecule has 3 aromatic heterocycles. The van der Waals surface area contributed by atoms with Crippen LogP contribution in [0.2, 0.25) is 0 Å². The van der Waals surface area contributed by atoms with Crippen molar-refractivity contribution >= 4 is 45.0 Å². The second kappa shape index (κ2) is 7.85. The lowest BCUT2D eigenvalue weighted by molar-refractivity contribution is 0.188. The van der Waals surface area contributed by atoms with Gasteiger partial charge in [-0.3, -0.25) is 0 Å². The van der Waals surface area contributed by atoms with Gasteiger partial charge in [-0.25, -0.2) is 4.98 Å². The first-order valence-corrected chi connectivity index (χ1v) is 9.82. The Kier molecular flexibility index (Phi) is 5.84. The lowest BCUT2D eigenvalue weighted by Gasteiger charge is -2.11. The highest BCUT2D eigenvalue weighted by Gasteiger charge is 2.21. The van der Waals surface area contributed by atoms with Gasteiger partial charge in [-0.15, -0.1) is 12.4 Å². The number of aryl methyl sites for hydroxylation is 4. The van der Waals surface area contributed by atoms with Crippen LogP contribution in [0, 0.1) is 27.7 Å². The van der Waals surface area contributed by atoms with Crippen molar-refractivity contribution in [1.82, 2.24) is 19.2 Å². The van der Waals surface area contributed by atoms with Crippen LogP contribution in [-0.4, -0.2) is 32.9 Å². The Hall–Kier alpha value is -1.89. The molecule has 0 saturated heterocycles. The van der Waals surface area contributed by atoms with Gasteiger partial charge < -0.3 is 9.30 Å². The standard InChI is InChI=1S/C21H23BrN4O.ClH/c1-12-10-13(2)18(17(22)11-12)19-15(4)24-26-20(19)23-14(3)16-6-7-25(21(16)26)8-9-27-5;/h6-7,10-11H,8-9H2,1-5H3;1H. The van der Waals surface area contributed by atoms with Crippen LogP contribution in [0.3, 0.4) is 0 Å². The Labute approximate surface area is 179 Å². The van der Waals surface area contributed by atoms with E-state index in [-0.39, 0.29) is 12.4 Å². The molecular formula is C21H24BrClN4O. The fourth-order valence-electron chi connectivity index (χ4n) is 3.86. The lowest BCUT2D eigenvalue weighted by Crippen LogP contribution is -2.07. The van der Waals surface area contributed by atoms with Crippen LogP contribution in [0.4, 0.5) is 0 Å². The summed E-state index contributed by atoms with van der Waals surface area (Å²) in [5.74, 6) is 0. The summed E-state index contributed by atoms with van der Waals surface area (Å²) in [6.07, 6.45) is 2.08. The molecule has 0 bridgehead atoms. The molecule has 148 valence electrons. The zero-order valence-electron chi connectivity index (χ0n) is 16.7. The molecule has 3 heterocycles. The summed E-state index contributed by atoms with van der Waals surface area (Å²) >= 11 is 3.76. The average molecular weight is 464 g/mol. The maximum atomic E-state index is 5.27. The number of benzene rings is 1. The zero-order valence-corrected chi connectivity index (χ0v) is 19.1. The summed E-state index contributed by atoms with van der Waals surface area (Å²) in [5.41, 5.74) is 8.63. The predicted octanol–water partition coefficient (Wildman–Crippen LogP) is 5.42. The van der Waals surface area contributed by atoms with E-state index < -0.39 is 0 Å². The van der Waals surface area contributed by atoms with Crippen molar-refractivity contribution in [2.75, 3.05) is 13.7 Å². The minimum Gasteiger partial charge on any atom is -0.383 e. The van der Waals surface area contributed by atoms with Crippen molar-refractivity contribution in [2.45, 2.75) is 34.2 Å². The van der Waals surface area contributed by atoms with Crippen molar-refractivity contribution in [2.24, 2.45) is 0 Å². The van der Waals surface area contributed by atoms with Gasteiger partial charge in [-0.2, -0.15) is 9.61 Å². The van der Waals surface area contributed by atoms with Gasteiger partial charge in [0, 0.05) is 35.3 Å². The molecule has 0 aliphatic rings. The normalized spacial score (nSPS) is 11.4. The highest BCUT2D eigenvalue weighted by atomic mass is 79.9. The van der Waals surface area contributed by atoms with Crippen LogP contribution in [0.5, 0.6) is 0 Å². The predicted molar refractivity (Wildman–Crippen MR) is 120 cm³/mol. The van der Waals surface area contributed by atoms with E-state index in [0.29, 0.717) is 6.61 Å². The maximum Gasteiger partial charge on any atom is 0.165 e. The van der Waals surface area contributed by atoms with E-state index in [4.69, 9.17) is 14.8 Å². The molecule has 0 saturated carbocycles. The van der Waals surface area contributed by atoms with Gasteiger partial charge in [0.25, 0.3) is 0 Å². The summed E-state index contributed by atoms with van der Waals surface area (Å²) in [6, 6.07) is 6.46. The zero-order chi connectivity index (χ0) is 19.3. The van der Waals surface area contributed by atoms with E-state index >= 15 is 0 Å². The first-order valence-electron chi connectivity index (χ1n) is 9.03. The van der Waals surface area contributed by atoms with Gasteiger partial charge in [-0.05, 0) is 51.0 Å². The molecule has 0 fully saturated rings. The maximum absolute atomic E-state index is 5.27. The summed E-state index contributed by atoms with van der Waals surface area (Å²) in [7, 11) is 1.72. The van der Waals surface area contributed by atoms with Crippen LogP contribution in [-0.2, 0) is 11.3 Å². The lowest BCUT2D eigenvalue weighted by atomic mass is 9.99. The molecule has 0 amide bonds. The van der Waals surface area contributed by atoms with E-state index in [1.54, 1.807) is 7.11 Å². The second-order valence-electron chi connectivity index (χ2n) is 7.07. The number of rotatable bonds is 4. The molecule has 28 heavy (non-hydrogen) atoms. The van der Waals surface area contributed by atoms with Crippen molar-refractivity contribution in [1.29, 1.82) is 0 Å². The highest BCUT2D eigenvalue weighted by Crippen LogP contribution is 2.37. The molecular weight excluding hydrogens is 440 g/mol. The van der Waals surface area contributed by atoms with E-state index in [2.05, 4.69) is 72.6 Å². The Balaban J connectivity index is 0.00000225. The summed E-state index contributed by atoms with van der Waals surface area (Å²) in [4.78, 5) is 4.93. The molecule has 7 heteroatoms. The van der Waals surface area contributed by atoms with Crippen LogP contribution in [0.25, 0.3) is 27.8 Å².